The minimum Gasteiger partial charge on any atom is -0.349 e. The molecule has 4 nitrogen and oxygen atoms in total. The van der Waals surface area contributed by atoms with E-state index in [1.165, 1.54) is 0 Å². The number of H-pyrrole nitrogens is 1. The first-order valence-electron chi connectivity index (χ1n) is 3.95. The quantitative estimate of drug-likeness (QED) is 0.664. The molecular formula is C9H11N3O. The van der Waals surface area contributed by atoms with Gasteiger partial charge < -0.3 is 5.32 Å². The minimum atomic E-state index is -0.142. The number of aromatic nitrogens is 2. The highest BCUT2D eigenvalue weighted by Gasteiger charge is 2.08. The first-order chi connectivity index (χ1) is 6.24. The van der Waals surface area contributed by atoms with Gasteiger partial charge >= 0.3 is 0 Å². The third-order valence-electron chi connectivity index (χ3n) is 1.66. The Morgan fingerprint density at radius 3 is 3.23 bits per heavy atom. The van der Waals surface area contributed by atoms with Crippen LogP contribution < -0.4 is 5.32 Å². The second kappa shape index (κ2) is 4.31. The van der Waals surface area contributed by atoms with Crippen LogP contribution >= 0.6 is 0 Å². The second-order valence-electron chi connectivity index (χ2n) is 2.70. The Labute approximate surface area is 76.7 Å². The maximum atomic E-state index is 11.1. The van der Waals surface area contributed by atoms with E-state index < -0.39 is 0 Å². The van der Waals surface area contributed by atoms with Crippen LogP contribution in [0.25, 0.3) is 0 Å². The highest BCUT2D eigenvalue weighted by molar-refractivity contribution is 5.78. The molecule has 0 aromatic carbocycles. The Balaban J connectivity index is 2.47. The van der Waals surface area contributed by atoms with Gasteiger partial charge in [-0.3, -0.25) is 9.89 Å². The Morgan fingerprint density at radius 2 is 2.69 bits per heavy atom. The van der Waals surface area contributed by atoms with E-state index in [0.29, 0.717) is 0 Å². The number of terminal acetylenes is 1. The smallest absolute Gasteiger partial charge is 0.232 e. The van der Waals surface area contributed by atoms with Crippen molar-refractivity contribution in [2.45, 2.75) is 19.4 Å². The van der Waals surface area contributed by atoms with Crippen molar-refractivity contribution < 1.29 is 4.79 Å². The number of aromatic amines is 1. The lowest BCUT2D eigenvalue weighted by atomic mass is 10.2. The lowest BCUT2D eigenvalue weighted by molar-refractivity contribution is -0.120. The van der Waals surface area contributed by atoms with Gasteiger partial charge in [-0.2, -0.15) is 5.10 Å². The average Bonchev–Trinajstić information content (AvgIpc) is 2.55. The van der Waals surface area contributed by atoms with Crippen LogP contribution in [0.3, 0.4) is 0 Å². The summed E-state index contributed by atoms with van der Waals surface area (Å²) in [5.74, 6) is 2.14. The lowest BCUT2D eigenvalue weighted by Crippen LogP contribution is -2.25. The van der Waals surface area contributed by atoms with Gasteiger partial charge in [0.2, 0.25) is 5.91 Å². The van der Waals surface area contributed by atoms with E-state index in [2.05, 4.69) is 21.4 Å². The fourth-order valence-corrected chi connectivity index (χ4v) is 0.966. The molecule has 0 bridgehead atoms. The van der Waals surface area contributed by atoms with Gasteiger partial charge in [-0.15, -0.1) is 6.42 Å². The molecule has 1 heterocycles. The summed E-state index contributed by atoms with van der Waals surface area (Å²) in [4.78, 5) is 11.1. The SMILES string of the molecule is C#CCC(=O)NC(C)c1cn[nH]c1. The minimum absolute atomic E-state index is 0.0559. The number of rotatable bonds is 3. The number of hydrogen-bond acceptors (Lipinski definition) is 2. The molecule has 1 aromatic rings. The molecule has 1 atom stereocenters. The molecule has 0 aliphatic rings. The van der Waals surface area contributed by atoms with Crippen LogP contribution in [0.15, 0.2) is 12.4 Å². The van der Waals surface area contributed by atoms with Gasteiger partial charge in [0.15, 0.2) is 0 Å². The molecule has 1 rings (SSSR count). The summed E-state index contributed by atoms with van der Waals surface area (Å²) >= 11 is 0. The summed E-state index contributed by atoms with van der Waals surface area (Å²) in [5, 5.41) is 9.20. The largest absolute Gasteiger partial charge is 0.349 e. The lowest BCUT2D eigenvalue weighted by Gasteiger charge is -2.09. The summed E-state index contributed by atoms with van der Waals surface area (Å²) < 4.78 is 0. The van der Waals surface area contributed by atoms with Crippen LogP contribution in [0.2, 0.25) is 0 Å². The Hall–Kier alpha value is -1.76. The van der Waals surface area contributed by atoms with E-state index in [1.54, 1.807) is 12.4 Å². The second-order valence-corrected chi connectivity index (χ2v) is 2.70. The maximum absolute atomic E-state index is 11.1. The summed E-state index contributed by atoms with van der Waals surface area (Å²) in [6.07, 6.45) is 8.51. The van der Waals surface area contributed by atoms with E-state index in [9.17, 15) is 4.79 Å². The van der Waals surface area contributed by atoms with Gasteiger partial charge in [0.05, 0.1) is 18.7 Å². The van der Waals surface area contributed by atoms with Crippen LogP contribution in [-0.2, 0) is 4.79 Å². The Morgan fingerprint density at radius 1 is 1.92 bits per heavy atom. The summed E-state index contributed by atoms with van der Waals surface area (Å²) in [5.41, 5.74) is 0.936. The molecule has 0 radical (unpaired) electrons. The summed E-state index contributed by atoms with van der Waals surface area (Å²) in [6.45, 7) is 1.87. The third kappa shape index (κ3) is 2.64. The van der Waals surface area contributed by atoms with Crippen LogP contribution in [0.1, 0.15) is 24.9 Å². The highest BCUT2D eigenvalue weighted by Crippen LogP contribution is 2.08. The highest BCUT2D eigenvalue weighted by atomic mass is 16.1. The molecule has 0 aliphatic heterocycles. The van der Waals surface area contributed by atoms with Crippen molar-refractivity contribution in [1.29, 1.82) is 0 Å². The van der Waals surface area contributed by atoms with Crippen molar-refractivity contribution in [1.82, 2.24) is 15.5 Å². The van der Waals surface area contributed by atoms with Crippen molar-refractivity contribution in [3.63, 3.8) is 0 Å². The number of amides is 1. The molecular weight excluding hydrogens is 166 g/mol. The van der Waals surface area contributed by atoms with Gasteiger partial charge in [-0.05, 0) is 6.92 Å². The standard InChI is InChI=1S/C9H11N3O/c1-3-4-9(13)12-7(2)8-5-10-11-6-8/h1,5-7H,4H2,2H3,(H,10,11)(H,12,13). The topological polar surface area (TPSA) is 57.8 Å². The molecule has 4 heteroatoms. The van der Waals surface area contributed by atoms with E-state index in [-0.39, 0.29) is 18.4 Å². The van der Waals surface area contributed by atoms with Crippen molar-refractivity contribution >= 4 is 5.91 Å². The molecule has 0 saturated heterocycles. The van der Waals surface area contributed by atoms with E-state index in [4.69, 9.17) is 6.42 Å². The molecule has 2 N–H and O–H groups in total. The van der Waals surface area contributed by atoms with Gasteiger partial charge in [-0.1, -0.05) is 5.92 Å². The maximum Gasteiger partial charge on any atom is 0.232 e. The number of nitrogens with one attached hydrogen (secondary N) is 2. The zero-order valence-corrected chi connectivity index (χ0v) is 7.37. The molecule has 0 aliphatic carbocycles. The van der Waals surface area contributed by atoms with Crippen LogP contribution in [-0.4, -0.2) is 16.1 Å². The van der Waals surface area contributed by atoms with Crippen LogP contribution in [0.4, 0.5) is 0 Å². The predicted octanol–water partition coefficient (Wildman–Crippen LogP) is 0.610. The molecule has 0 saturated carbocycles. The molecule has 1 amide bonds. The zero-order valence-electron chi connectivity index (χ0n) is 7.37. The molecule has 1 aromatic heterocycles. The van der Waals surface area contributed by atoms with Crippen LogP contribution in [0, 0.1) is 12.3 Å². The summed E-state index contributed by atoms with van der Waals surface area (Å²) in [6, 6.07) is -0.0559. The zero-order chi connectivity index (χ0) is 9.68. The fraction of sp³-hybridized carbons (Fsp3) is 0.333. The molecule has 13 heavy (non-hydrogen) atoms. The molecule has 68 valence electrons. The number of carbonyl (C=O) groups is 1. The van der Waals surface area contributed by atoms with Gasteiger partial charge in [-0.25, -0.2) is 0 Å². The average molecular weight is 177 g/mol. The normalized spacial score (nSPS) is 11.7. The number of hydrogen-bond donors (Lipinski definition) is 2. The van der Waals surface area contributed by atoms with Crippen molar-refractivity contribution in [3.8, 4) is 12.3 Å². The number of carbonyl (C=O) groups excluding carboxylic acids is 1. The van der Waals surface area contributed by atoms with Gasteiger partial charge in [0.1, 0.15) is 0 Å². The monoisotopic (exact) mass is 177 g/mol. The van der Waals surface area contributed by atoms with Crippen LogP contribution in [0.5, 0.6) is 0 Å². The molecule has 0 spiro atoms. The van der Waals surface area contributed by atoms with Gasteiger partial charge in [0, 0.05) is 11.8 Å². The third-order valence-corrected chi connectivity index (χ3v) is 1.66. The summed E-state index contributed by atoms with van der Waals surface area (Å²) in [7, 11) is 0. The van der Waals surface area contributed by atoms with Crippen molar-refractivity contribution in [2.75, 3.05) is 0 Å². The first kappa shape index (κ1) is 9.33. The van der Waals surface area contributed by atoms with Crippen molar-refractivity contribution in [2.24, 2.45) is 0 Å². The van der Waals surface area contributed by atoms with E-state index >= 15 is 0 Å². The fourth-order valence-electron chi connectivity index (χ4n) is 0.966. The van der Waals surface area contributed by atoms with Gasteiger partial charge in [0.25, 0.3) is 0 Å². The first-order valence-corrected chi connectivity index (χ1v) is 3.95. The Kier molecular flexibility index (Phi) is 3.09. The van der Waals surface area contributed by atoms with E-state index in [1.807, 2.05) is 6.92 Å². The molecule has 1 unspecified atom stereocenters. The Bertz CT molecular complexity index is 310. The van der Waals surface area contributed by atoms with Crippen molar-refractivity contribution in [3.05, 3.63) is 18.0 Å². The number of nitrogens with zero attached hydrogens (tertiary/aromatic N) is 1. The van der Waals surface area contributed by atoms with E-state index in [0.717, 1.165) is 5.56 Å². The predicted molar refractivity (Wildman–Crippen MR) is 48.6 cm³/mol. The molecule has 0 fully saturated rings.